The molecule has 0 spiro atoms. The van der Waals surface area contributed by atoms with Crippen molar-refractivity contribution in [1.29, 1.82) is 0 Å². The first-order valence-electron chi connectivity index (χ1n) is 9.55. The zero-order valence-corrected chi connectivity index (χ0v) is 16.9. The van der Waals surface area contributed by atoms with Gasteiger partial charge in [-0.15, -0.1) is 0 Å². The van der Waals surface area contributed by atoms with Crippen molar-refractivity contribution in [2.24, 2.45) is 0 Å². The minimum atomic E-state index is -4.46. The van der Waals surface area contributed by atoms with Gasteiger partial charge in [-0.25, -0.2) is 9.67 Å². The van der Waals surface area contributed by atoms with Gasteiger partial charge in [0.1, 0.15) is 0 Å². The predicted octanol–water partition coefficient (Wildman–Crippen LogP) is 3.73. The lowest BCUT2D eigenvalue weighted by Crippen LogP contribution is -2.26. The van der Waals surface area contributed by atoms with Gasteiger partial charge >= 0.3 is 6.18 Å². The van der Waals surface area contributed by atoms with E-state index in [0.29, 0.717) is 30.8 Å². The molecule has 3 rings (SSSR count). The molecule has 10 heteroatoms. The number of pyridine rings is 1. The molecule has 0 aliphatic carbocycles. The standard InChI is InChI=1S/C20H23F3N6O/c1-13(2)18-16(19(30)24-7-4-8-28-12-14(3)9-26-28)11-27-29(18)17-6-5-15(10-25-17)20(21,22)23/h5-6,9-13H,4,7-8H2,1-3H3,(H,24,30). The minimum Gasteiger partial charge on any atom is -0.352 e. The third-order valence-corrected chi connectivity index (χ3v) is 4.50. The number of halogens is 3. The van der Waals surface area contributed by atoms with E-state index >= 15 is 0 Å². The molecule has 0 radical (unpaired) electrons. The molecular formula is C20H23F3N6O. The molecule has 1 N–H and O–H groups in total. The van der Waals surface area contributed by atoms with Crippen LogP contribution in [-0.2, 0) is 12.7 Å². The van der Waals surface area contributed by atoms with Crippen molar-refractivity contribution in [3.63, 3.8) is 0 Å². The monoisotopic (exact) mass is 420 g/mol. The zero-order valence-electron chi connectivity index (χ0n) is 16.9. The highest BCUT2D eigenvalue weighted by molar-refractivity contribution is 5.95. The van der Waals surface area contributed by atoms with E-state index in [4.69, 9.17) is 0 Å². The van der Waals surface area contributed by atoms with E-state index in [1.165, 1.54) is 16.9 Å². The Morgan fingerprint density at radius 1 is 1.17 bits per heavy atom. The number of hydrogen-bond donors (Lipinski definition) is 1. The van der Waals surface area contributed by atoms with Crippen LogP contribution in [0.3, 0.4) is 0 Å². The first-order chi connectivity index (χ1) is 14.2. The molecule has 3 aromatic heterocycles. The number of amides is 1. The van der Waals surface area contributed by atoms with Crippen LogP contribution in [0, 0.1) is 6.92 Å². The van der Waals surface area contributed by atoms with Crippen LogP contribution in [0.4, 0.5) is 13.2 Å². The summed E-state index contributed by atoms with van der Waals surface area (Å²) < 4.78 is 41.6. The van der Waals surface area contributed by atoms with E-state index < -0.39 is 11.7 Å². The maximum Gasteiger partial charge on any atom is 0.417 e. The third-order valence-electron chi connectivity index (χ3n) is 4.50. The Kier molecular flexibility index (Phi) is 6.23. The highest BCUT2D eigenvalue weighted by Crippen LogP contribution is 2.29. The minimum absolute atomic E-state index is 0.0932. The molecule has 30 heavy (non-hydrogen) atoms. The molecule has 3 heterocycles. The fraction of sp³-hybridized carbons (Fsp3) is 0.400. The molecule has 7 nitrogen and oxygen atoms in total. The second-order valence-electron chi connectivity index (χ2n) is 7.30. The number of carbonyl (C=O) groups is 1. The molecule has 3 aromatic rings. The number of alkyl halides is 3. The molecule has 1 amide bonds. The Hall–Kier alpha value is -3.17. The van der Waals surface area contributed by atoms with Crippen LogP contribution < -0.4 is 5.32 Å². The average molecular weight is 420 g/mol. The summed E-state index contributed by atoms with van der Waals surface area (Å²) in [6.07, 6.45) is 2.13. The summed E-state index contributed by atoms with van der Waals surface area (Å²) in [6, 6.07) is 2.19. The number of nitrogens with zero attached hydrogens (tertiary/aromatic N) is 5. The molecule has 0 aliphatic rings. The first-order valence-corrected chi connectivity index (χ1v) is 9.55. The van der Waals surface area contributed by atoms with Crippen LogP contribution in [0.15, 0.2) is 36.9 Å². The van der Waals surface area contributed by atoms with Gasteiger partial charge in [-0.1, -0.05) is 13.8 Å². The second-order valence-corrected chi connectivity index (χ2v) is 7.30. The van der Waals surface area contributed by atoms with Crippen LogP contribution in [0.2, 0.25) is 0 Å². The zero-order chi connectivity index (χ0) is 21.9. The fourth-order valence-electron chi connectivity index (χ4n) is 3.08. The van der Waals surface area contributed by atoms with Gasteiger partial charge < -0.3 is 5.32 Å². The normalized spacial score (nSPS) is 11.8. The van der Waals surface area contributed by atoms with Crippen molar-refractivity contribution < 1.29 is 18.0 Å². The summed E-state index contributed by atoms with van der Waals surface area (Å²) >= 11 is 0. The van der Waals surface area contributed by atoms with E-state index in [1.54, 1.807) is 6.20 Å². The number of aryl methyl sites for hydroxylation is 2. The largest absolute Gasteiger partial charge is 0.417 e. The maximum absolute atomic E-state index is 12.8. The summed E-state index contributed by atoms with van der Waals surface area (Å²) in [7, 11) is 0. The van der Waals surface area contributed by atoms with Crippen LogP contribution in [0.1, 0.15) is 53.4 Å². The van der Waals surface area contributed by atoms with Crippen molar-refractivity contribution in [1.82, 2.24) is 29.9 Å². The highest BCUT2D eigenvalue weighted by atomic mass is 19.4. The van der Waals surface area contributed by atoms with Crippen molar-refractivity contribution in [2.45, 2.75) is 45.8 Å². The van der Waals surface area contributed by atoms with Crippen LogP contribution >= 0.6 is 0 Å². The van der Waals surface area contributed by atoms with Gasteiger partial charge in [0.2, 0.25) is 0 Å². The molecule has 0 aromatic carbocycles. The summed E-state index contributed by atoms with van der Waals surface area (Å²) in [5, 5.41) is 11.3. The molecule has 0 atom stereocenters. The van der Waals surface area contributed by atoms with Crippen molar-refractivity contribution >= 4 is 5.91 Å². The SMILES string of the molecule is Cc1cnn(CCCNC(=O)c2cnn(-c3ccc(C(F)(F)F)cn3)c2C(C)C)c1. The van der Waals surface area contributed by atoms with Gasteiger partial charge in [0.25, 0.3) is 5.91 Å². The van der Waals surface area contributed by atoms with E-state index in [9.17, 15) is 18.0 Å². The Morgan fingerprint density at radius 3 is 2.50 bits per heavy atom. The smallest absolute Gasteiger partial charge is 0.352 e. The predicted molar refractivity (Wildman–Crippen MR) is 104 cm³/mol. The van der Waals surface area contributed by atoms with E-state index in [-0.39, 0.29) is 17.6 Å². The molecule has 0 saturated heterocycles. The van der Waals surface area contributed by atoms with Crippen molar-refractivity contribution in [3.05, 3.63) is 59.3 Å². The van der Waals surface area contributed by atoms with Crippen LogP contribution in [0.25, 0.3) is 5.82 Å². The Bertz CT molecular complexity index is 1000. The van der Waals surface area contributed by atoms with Crippen LogP contribution in [0.5, 0.6) is 0 Å². The fourth-order valence-corrected chi connectivity index (χ4v) is 3.08. The van der Waals surface area contributed by atoms with Gasteiger partial charge in [0.05, 0.1) is 29.2 Å². The maximum atomic E-state index is 12.8. The van der Waals surface area contributed by atoms with E-state index in [0.717, 1.165) is 17.8 Å². The number of rotatable bonds is 7. The third kappa shape index (κ3) is 4.87. The number of hydrogen-bond acceptors (Lipinski definition) is 4. The van der Waals surface area contributed by atoms with E-state index in [2.05, 4.69) is 20.5 Å². The quantitative estimate of drug-likeness (QED) is 0.591. The molecule has 160 valence electrons. The summed E-state index contributed by atoms with van der Waals surface area (Å²) in [5.74, 6) is -0.155. The van der Waals surface area contributed by atoms with Crippen LogP contribution in [-0.4, -0.2) is 37.0 Å². The highest BCUT2D eigenvalue weighted by Gasteiger charge is 2.31. The molecule has 0 saturated carbocycles. The Morgan fingerprint density at radius 2 is 1.93 bits per heavy atom. The number of carbonyl (C=O) groups excluding carboxylic acids is 1. The molecular weight excluding hydrogens is 397 g/mol. The summed E-state index contributed by atoms with van der Waals surface area (Å²) in [4.78, 5) is 16.5. The van der Waals surface area contributed by atoms with Gasteiger partial charge in [-0.05, 0) is 37.0 Å². The van der Waals surface area contributed by atoms with Gasteiger partial charge in [0.15, 0.2) is 5.82 Å². The van der Waals surface area contributed by atoms with Crippen molar-refractivity contribution in [3.8, 4) is 5.82 Å². The number of aromatic nitrogens is 5. The summed E-state index contributed by atoms with van der Waals surface area (Å²) in [5.41, 5.74) is 1.20. The number of nitrogens with one attached hydrogen (secondary N) is 1. The molecule has 0 bridgehead atoms. The van der Waals surface area contributed by atoms with Gasteiger partial charge in [0, 0.05) is 25.5 Å². The average Bonchev–Trinajstić information content (AvgIpc) is 3.31. The molecule has 0 fully saturated rings. The topological polar surface area (TPSA) is 77.6 Å². The molecule has 0 aliphatic heterocycles. The van der Waals surface area contributed by atoms with Gasteiger partial charge in [-0.3, -0.25) is 9.48 Å². The van der Waals surface area contributed by atoms with Crippen molar-refractivity contribution in [2.75, 3.05) is 6.54 Å². The van der Waals surface area contributed by atoms with Gasteiger partial charge in [-0.2, -0.15) is 23.4 Å². The first kappa shape index (κ1) is 21.5. The second kappa shape index (κ2) is 8.68. The Balaban J connectivity index is 1.71. The Labute approximate surface area is 171 Å². The lowest BCUT2D eigenvalue weighted by atomic mass is 10.1. The van der Waals surface area contributed by atoms with E-state index in [1.807, 2.05) is 31.6 Å². The lowest BCUT2D eigenvalue weighted by Gasteiger charge is -2.13. The molecule has 0 unspecified atom stereocenters. The summed E-state index contributed by atoms with van der Waals surface area (Å²) in [6.45, 7) is 6.86. The lowest BCUT2D eigenvalue weighted by molar-refractivity contribution is -0.137.